The first-order chi connectivity index (χ1) is 9.10. The highest BCUT2D eigenvalue weighted by molar-refractivity contribution is 5.87. The molecule has 0 aliphatic carbocycles. The van der Waals surface area contributed by atoms with Gasteiger partial charge in [0.15, 0.2) is 0 Å². The number of carboxylic acid groups (broad SMARTS) is 1. The molecule has 0 aromatic rings. The van der Waals surface area contributed by atoms with Crippen molar-refractivity contribution in [3.05, 3.63) is 24.3 Å². The lowest BCUT2D eigenvalue weighted by Gasteiger charge is -2.24. The Morgan fingerprint density at radius 3 is 1.90 bits per heavy atom. The first-order valence-corrected chi connectivity index (χ1v) is 5.99. The molecule has 0 aliphatic heterocycles. The second-order valence-electron chi connectivity index (χ2n) is 4.89. The number of carbonyl (C=O) groups is 3. The van der Waals surface area contributed by atoms with E-state index in [1.807, 2.05) is 0 Å². The van der Waals surface area contributed by atoms with Crippen LogP contribution in [0.3, 0.4) is 0 Å². The maximum Gasteiger partial charge on any atom is 0.333 e. The van der Waals surface area contributed by atoms with Gasteiger partial charge in [-0.3, -0.25) is 4.79 Å². The molecule has 0 bridgehead atoms. The van der Waals surface area contributed by atoms with Crippen molar-refractivity contribution in [1.82, 2.24) is 0 Å². The minimum Gasteiger partial charge on any atom is -0.481 e. The normalized spacial score (nSPS) is 12.9. The second-order valence-corrected chi connectivity index (χ2v) is 4.89. The molecule has 0 saturated heterocycles. The smallest absolute Gasteiger partial charge is 0.333 e. The molecule has 6 nitrogen and oxygen atoms in total. The Hall–Kier alpha value is -2.11. The summed E-state index contributed by atoms with van der Waals surface area (Å²) in [4.78, 5) is 33.7. The highest BCUT2D eigenvalue weighted by Crippen LogP contribution is 2.23. The van der Waals surface area contributed by atoms with Crippen molar-refractivity contribution in [3.8, 4) is 0 Å². The highest BCUT2D eigenvalue weighted by atomic mass is 16.5. The molecule has 0 amide bonds. The van der Waals surface area contributed by atoms with Crippen LogP contribution in [0.2, 0.25) is 0 Å². The van der Waals surface area contributed by atoms with Gasteiger partial charge in [-0.25, -0.2) is 9.59 Å². The summed E-state index contributed by atoms with van der Waals surface area (Å²) >= 11 is 0. The van der Waals surface area contributed by atoms with E-state index >= 15 is 0 Å². The van der Waals surface area contributed by atoms with Crippen LogP contribution in [0.1, 0.15) is 27.2 Å². The largest absolute Gasteiger partial charge is 0.481 e. The molecule has 6 heteroatoms. The van der Waals surface area contributed by atoms with E-state index in [4.69, 9.17) is 9.47 Å². The van der Waals surface area contributed by atoms with Crippen molar-refractivity contribution in [3.63, 3.8) is 0 Å². The van der Waals surface area contributed by atoms with E-state index < -0.39 is 23.3 Å². The van der Waals surface area contributed by atoms with Crippen LogP contribution >= 0.6 is 0 Å². The number of carbonyl (C=O) groups excluding carboxylic acids is 2. The standard InChI is InChI=1S/C14H20O6/c1-9(2)11(15)19-7-6-14(5,13(17)18)8-20-12(16)10(3)4/h1,3,6-8H2,2,4-5H3,(H,17,18). The molecule has 1 unspecified atom stereocenters. The lowest BCUT2D eigenvalue weighted by atomic mass is 9.88. The van der Waals surface area contributed by atoms with Crippen LogP contribution in [0, 0.1) is 5.41 Å². The third-order valence-corrected chi connectivity index (χ3v) is 2.62. The summed E-state index contributed by atoms with van der Waals surface area (Å²) in [7, 11) is 0. The fourth-order valence-electron chi connectivity index (χ4n) is 1.08. The van der Waals surface area contributed by atoms with Crippen molar-refractivity contribution >= 4 is 17.9 Å². The monoisotopic (exact) mass is 284 g/mol. The van der Waals surface area contributed by atoms with Crippen molar-refractivity contribution in [1.29, 1.82) is 0 Å². The van der Waals surface area contributed by atoms with Crippen LogP contribution < -0.4 is 0 Å². The predicted octanol–water partition coefficient (Wildman–Crippen LogP) is 1.71. The Balaban J connectivity index is 4.50. The number of hydrogen-bond donors (Lipinski definition) is 1. The molecule has 20 heavy (non-hydrogen) atoms. The molecule has 0 rings (SSSR count). The Morgan fingerprint density at radius 2 is 1.50 bits per heavy atom. The molecule has 0 aromatic carbocycles. The zero-order valence-electron chi connectivity index (χ0n) is 12.0. The molecule has 0 fully saturated rings. The molecule has 0 saturated carbocycles. The SMILES string of the molecule is C=C(C)C(=O)OCCC(C)(COC(=O)C(=C)C)C(=O)O. The predicted molar refractivity (Wildman–Crippen MR) is 71.9 cm³/mol. The third kappa shape index (κ3) is 5.69. The molecule has 0 aliphatic rings. The van der Waals surface area contributed by atoms with Gasteiger partial charge in [-0.05, 0) is 20.8 Å². The minimum atomic E-state index is -1.33. The number of hydrogen-bond acceptors (Lipinski definition) is 5. The summed E-state index contributed by atoms with van der Waals surface area (Å²) in [6.45, 7) is 10.8. The van der Waals surface area contributed by atoms with Crippen LogP contribution in [0.25, 0.3) is 0 Å². The number of aliphatic carboxylic acids is 1. The lowest BCUT2D eigenvalue weighted by Crippen LogP contribution is -2.35. The van der Waals surface area contributed by atoms with Gasteiger partial charge < -0.3 is 14.6 Å². The number of ether oxygens (including phenoxy) is 2. The van der Waals surface area contributed by atoms with Crippen LogP contribution in [0.5, 0.6) is 0 Å². The van der Waals surface area contributed by atoms with Gasteiger partial charge >= 0.3 is 17.9 Å². The first kappa shape index (κ1) is 17.9. The molecular formula is C14H20O6. The van der Waals surface area contributed by atoms with Gasteiger partial charge in [0, 0.05) is 17.6 Å². The van der Waals surface area contributed by atoms with Crippen LogP contribution in [-0.4, -0.2) is 36.2 Å². The molecule has 112 valence electrons. The molecule has 1 N–H and O–H groups in total. The third-order valence-electron chi connectivity index (χ3n) is 2.62. The molecular weight excluding hydrogens is 264 g/mol. The summed E-state index contributed by atoms with van der Waals surface area (Å²) in [5.74, 6) is -2.38. The molecule has 0 aromatic heterocycles. The zero-order valence-corrected chi connectivity index (χ0v) is 12.0. The fraction of sp³-hybridized carbons (Fsp3) is 0.500. The zero-order chi connectivity index (χ0) is 15.9. The van der Waals surface area contributed by atoms with Gasteiger partial charge in [0.2, 0.25) is 0 Å². The van der Waals surface area contributed by atoms with Crippen molar-refractivity contribution in [2.45, 2.75) is 27.2 Å². The molecule has 1 atom stereocenters. The maximum absolute atomic E-state index is 11.3. The summed E-state index contributed by atoms with van der Waals surface area (Å²) in [6.07, 6.45) is 0.0187. The van der Waals surface area contributed by atoms with Crippen molar-refractivity contribution in [2.24, 2.45) is 5.41 Å². The molecule has 0 radical (unpaired) electrons. The summed E-state index contributed by atoms with van der Waals surface area (Å²) in [5, 5.41) is 9.19. The average Bonchev–Trinajstić information content (AvgIpc) is 2.35. The Morgan fingerprint density at radius 1 is 1.05 bits per heavy atom. The summed E-state index contributed by atoms with van der Waals surface area (Å²) in [6, 6.07) is 0. The van der Waals surface area contributed by atoms with E-state index in [-0.39, 0.29) is 30.8 Å². The van der Waals surface area contributed by atoms with E-state index in [0.717, 1.165) is 0 Å². The topological polar surface area (TPSA) is 89.9 Å². The van der Waals surface area contributed by atoms with Crippen LogP contribution in [-0.2, 0) is 23.9 Å². The van der Waals surface area contributed by atoms with E-state index in [1.54, 1.807) is 0 Å². The quantitative estimate of drug-likeness (QED) is 0.539. The Kier molecular flexibility index (Phi) is 6.68. The number of carboxylic acids is 1. The summed E-state index contributed by atoms with van der Waals surface area (Å²) in [5.41, 5.74) is -0.914. The van der Waals surface area contributed by atoms with E-state index in [0.29, 0.717) is 0 Å². The Labute approximate surface area is 118 Å². The van der Waals surface area contributed by atoms with Gasteiger partial charge in [0.05, 0.1) is 6.61 Å². The van der Waals surface area contributed by atoms with E-state index in [2.05, 4.69) is 13.2 Å². The average molecular weight is 284 g/mol. The van der Waals surface area contributed by atoms with Crippen molar-refractivity contribution in [2.75, 3.05) is 13.2 Å². The van der Waals surface area contributed by atoms with Gasteiger partial charge in [-0.1, -0.05) is 13.2 Å². The highest BCUT2D eigenvalue weighted by Gasteiger charge is 2.35. The van der Waals surface area contributed by atoms with E-state index in [1.165, 1.54) is 20.8 Å². The second kappa shape index (κ2) is 7.47. The van der Waals surface area contributed by atoms with Crippen LogP contribution in [0.15, 0.2) is 24.3 Å². The number of esters is 2. The van der Waals surface area contributed by atoms with Crippen molar-refractivity contribution < 1.29 is 29.0 Å². The minimum absolute atomic E-state index is 0.0187. The van der Waals surface area contributed by atoms with Gasteiger partial charge in [-0.2, -0.15) is 0 Å². The molecule has 0 spiro atoms. The lowest BCUT2D eigenvalue weighted by molar-refractivity contribution is -0.159. The Bertz CT molecular complexity index is 437. The van der Waals surface area contributed by atoms with E-state index in [9.17, 15) is 19.5 Å². The first-order valence-electron chi connectivity index (χ1n) is 5.99. The van der Waals surface area contributed by atoms with Gasteiger partial charge in [-0.15, -0.1) is 0 Å². The van der Waals surface area contributed by atoms with Crippen LogP contribution in [0.4, 0.5) is 0 Å². The molecule has 0 heterocycles. The maximum atomic E-state index is 11.3. The van der Waals surface area contributed by atoms with Gasteiger partial charge in [0.1, 0.15) is 12.0 Å². The fourth-order valence-corrected chi connectivity index (χ4v) is 1.08. The number of rotatable bonds is 8. The van der Waals surface area contributed by atoms with Gasteiger partial charge in [0.25, 0.3) is 0 Å². The summed E-state index contributed by atoms with van der Waals surface area (Å²) < 4.78 is 9.70.